The Morgan fingerprint density at radius 1 is 1.12 bits per heavy atom. The van der Waals surface area contributed by atoms with Gasteiger partial charge in [0.1, 0.15) is 0 Å². The van der Waals surface area contributed by atoms with Gasteiger partial charge in [0, 0.05) is 11.3 Å². The summed E-state index contributed by atoms with van der Waals surface area (Å²) in [6, 6.07) is 16.1. The fourth-order valence-electron chi connectivity index (χ4n) is 2.75. The fraction of sp³-hybridized carbons (Fsp3) is 0.200. The highest BCUT2D eigenvalue weighted by Crippen LogP contribution is 2.33. The Hall–Kier alpha value is -2.73. The molecule has 2 aromatic carbocycles. The Morgan fingerprint density at radius 3 is 2.73 bits per heavy atom. The van der Waals surface area contributed by atoms with Crippen molar-refractivity contribution < 1.29 is 9.47 Å². The van der Waals surface area contributed by atoms with Crippen LogP contribution in [-0.4, -0.2) is 27.3 Å². The first-order valence-corrected chi connectivity index (χ1v) is 9.33. The number of rotatable bonds is 6. The van der Waals surface area contributed by atoms with Crippen LogP contribution in [-0.2, 0) is 6.54 Å². The standard InChI is InChI=1S/C20H19N3O2S/c1-14(2)12-26-20-22-21-19(16-6-4-3-5-7-16)23(20)11-15-8-9-17-18(10-15)25-13-24-17/h3-10H,1,11-13H2,2H3. The summed E-state index contributed by atoms with van der Waals surface area (Å²) in [5, 5.41) is 9.73. The van der Waals surface area contributed by atoms with E-state index in [-0.39, 0.29) is 6.79 Å². The van der Waals surface area contributed by atoms with Crippen molar-refractivity contribution in [3.05, 3.63) is 66.2 Å². The van der Waals surface area contributed by atoms with Gasteiger partial charge >= 0.3 is 0 Å². The molecule has 2 heterocycles. The molecule has 0 saturated carbocycles. The molecule has 5 nitrogen and oxygen atoms in total. The SMILES string of the molecule is C=C(C)CSc1nnc(-c2ccccc2)n1Cc1ccc2c(c1)OCO2. The van der Waals surface area contributed by atoms with Gasteiger partial charge < -0.3 is 9.47 Å². The molecule has 3 aromatic rings. The van der Waals surface area contributed by atoms with Crippen LogP contribution < -0.4 is 9.47 Å². The molecule has 0 N–H and O–H groups in total. The molecule has 0 aliphatic carbocycles. The van der Waals surface area contributed by atoms with E-state index in [0.29, 0.717) is 6.54 Å². The summed E-state index contributed by atoms with van der Waals surface area (Å²) in [6.07, 6.45) is 0. The van der Waals surface area contributed by atoms with Gasteiger partial charge in [0.15, 0.2) is 22.5 Å². The first kappa shape index (κ1) is 16.7. The molecule has 0 saturated heterocycles. The van der Waals surface area contributed by atoms with Crippen molar-refractivity contribution >= 4 is 11.8 Å². The quantitative estimate of drug-likeness (QED) is 0.479. The van der Waals surface area contributed by atoms with Crippen LogP contribution in [0.2, 0.25) is 0 Å². The van der Waals surface area contributed by atoms with Crippen molar-refractivity contribution in [2.24, 2.45) is 0 Å². The van der Waals surface area contributed by atoms with Gasteiger partial charge in [-0.05, 0) is 24.6 Å². The van der Waals surface area contributed by atoms with Gasteiger partial charge in [0.2, 0.25) is 6.79 Å². The van der Waals surface area contributed by atoms with E-state index in [0.717, 1.165) is 44.9 Å². The Morgan fingerprint density at radius 2 is 1.92 bits per heavy atom. The van der Waals surface area contributed by atoms with Gasteiger partial charge in [-0.3, -0.25) is 4.57 Å². The van der Waals surface area contributed by atoms with E-state index in [1.807, 2.05) is 49.4 Å². The topological polar surface area (TPSA) is 49.2 Å². The molecule has 6 heteroatoms. The molecular weight excluding hydrogens is 346 g/mol. The van der Waals surface area contributed by atoms with Gasteiger partial charge in [-0.2, -0.15) is 0 Å². The third-order valence-electron chi connectivity index (χ3n) is 3.97. The van der Waals surface area contributed by atoms with Crippen LogP contribution in [0, 0.1) is 0 Å². The lowest BCUT2D eigenvalue weighted by Crippen LogP contribution is -2.04. The van der Waals surface area contributed by atoms with Crippen molar-refractivity contribution in [2.75, 3.05) is 12.5 Å². The van der Waals surface area contributed by atoms with E-state index >= 15 is 0 Å². The first-order valence-electron chi connectivity index (χ1n) is 8.35. The second-order valence-electron chi connectivity index (χ2n) is 6.19. The lowest BCUT2D eigenvalue weighted by molar-refractivity contribution is 0.174. The highest BCUT2D eigenvalue weighted by molar-refractivity contribution is 7.99. The number of thioether (sulfide) groups is 1. The number of fused-ring (bicyclic) bond motifs is 1. The number of aromatic nitrogens is 3. The zero-order valence-corrected chi connectivity index (χ0v) is 15.3. The molecule has 4 rings (SSSR count). The van der Waals surface area contributed by atoms with Gasteiger partial charge in [0.25, 0.3) is 0 Å². The number of hydrogen-bond acceptors (Lipinski definition) is 5. The van der Waals surface area contributed by atoms with Crippen LogP contribution in [0.15, 0.2) is 65.8 Å². The predicted molar refractivity (Wildman–Crippen MR) is 103 cm³/mol. The van der Waals surface area contributed by atoms with E-state index in [1.165, 1.54) is 0 Å². The highest BCUT2D eigenvalue weighted by atomic mass is 32.2. The second kappa shape index (κ2) is 7.25. The summed E-state index contributed by atoms with van der Waals surface area (Å²) in [5.74, 6) is 3.24. The molecule has 0 bridgehead atoms. The second-order valence-corrected chi connectivity index (χ2v) is 7.13. The van der Waals surface area contributed by atoms with Gasteiger partial charge in [-0.15, -0.1) is 10.2 Å². The Balaban J connectivity index is 1.69. The molecule has 132 valence electrons. The number of hydrogen-bond donors (Lipinski definition) is 0. The maximum absolute atomic E-state index is 5.50. The zero-order chi connectivity index (χ0) is 17.9. The molecule has 0 atom stereocenters. The molecule has 0 fully saturated rings. The van der Waals surface area contributed by atoms with E-state index in [4.69, 9.17) is 9.47 Å². The maximum atomic E-state index is 5.50. The van der Waals surface area contributed by atoms with Crippen molar-refractivity contribution in [2.45, 2.75) is 18.6 Å². The van der Waals surface area contributed by atoms with E-state index in [1.54, 1.807) is 11.8 Å². The zero-order valence-electron chi connectivity index (χ0n) is 14.5. The number of ether oxygens (including phenoxy) is 2. The molecule has 0 unspecified atom stereocenters. The molecule has 1 aromatic heterocycles. The van der Waals surface area contributed by atoms with Crippen LogP contribution in [0.3, 0.4) is 0 Å². The third kappa shape index (κ3) is 3.46. The summed E-state index contributed by atoms with van der Waals surface area (Å²) in [5.41, 5.74) is 3.26. The molecule has 1 aliphatic rings. The Bertz CT molecular complexity index is 937. The summed E-state index contributed by atoms with van der Waals surface area (Å²) < 4.78 is 13.0. The van der Waals surface area contributed by atoms with Crippen molar-refractivity contribution in [1.82, 2.24) is 14.8 Å². The van der Waals surface area contributed by atoms with E-state index in [9.17, 15) is 0 Å². The minimum Gasteiger partial charge on any atom is -0.454 e. The van der Waals surface area contributed by atoms with Gasteiger partial charge in [0.05, 0.1) is 6.54 Å². The molecule has 0 spiro atoms. The summed E-state index contributed by atoms with van der Waals surface area (Å²) in [4.78, 5) is 0. The maximum Gasteiger partial charge on any atom is 0.231 e. The minimum atomic E-state index is 0.278. The van der Waals surface area contributed by atoms with Gasteiger partial charge in [-0.25, -0.2) is 0 Å². The normalized spacial score (nSPS) is 12.3. The van der Waals surface area contributed by atoms with Crippen LogP contribution in [0.4, 0.5) is 0 Å². The fourth-order valence-corrected chi connectivity index (χ4v) is 3.53. The largest absolute Gasteiger partial charge is 0.454 e. The van der Waals surface area contributed by atoms with Crippen molar-refractivity contribution in [1.29, 1.82) is 0 Å². The Labute approximate surface area is 156 Å². The average molecular weight is 365 g/mol. The smallest absolute Gasteiger partial charge is 0.231 e. The molecule has 1 aliphatic heterocycles. The lowest BCUT2D eigenvalue weighted by Gasteiger charge is -2.11. The number of nitrogens with zero attached hydrogens (tertiary/aromatic N) is 3. The summed E-state index contributed by atoms with van der Waals surface area (Å²) >= 11 is 1.65. The molecule has 0 radical (unpaired) electrons. The highest BCUT2D eigenvalue weighted by Gasteiger charge is 2.17. The first-order chi connectivity index (χ1) is 12.7. The minimum absolute atomic E-state index is 0.278. The van der Waals surface area contributed by atoms with Crippen molar-refractivity contribution in [3.8, 4) is 22.9 Å². The predicted octanol–water partition coefficient (Wildman–Crippen LogP) is 4.39. The summed E-state index contributed by atoms with van der Waals surface area (Å²) in [7, 11) is 0. The molecule has 26 heavy (non-hydrogen) atoms. The van der Waals surface area contributed by atoms with Crippen LogP contribution >= 0.6 is 11.8 Å². The molecular formula is C20H19N3O2S. The average Bonchev–Trinajstić information content (AvgIpc) is 3.27. The van der Waals surface area contributed by atoms with Crippen LogP contribution in [0.5, 0.6) is 11.5 Å². The van der Waals surface area contributed by atoms with Crippen LogP contribution in [0.1, 0.15) is 12.5 Å². The Kier molecular flexibility index (Phi) is 4.67. The van der Waals surface area contributed by atoms with Crippen molar-refractivity contribution in [3.63, 3.8) is 0 Å². The third-order valence-corrected chi connectivity index (χ3v) is 5.17. The number of benzene rings is 2. The summed E-state index contributed by atoms with van der Waals surface area (Å²) in [6.45, 7) is 6.93. The monoisotopic (exact) mass is 365 g/mol. The van der Waals surface area contributed by atoms with E-state index in [2.05, 4.69) is 27.4 Å². The van der Waals surface area contributed by atoms with E-state index < -0.39 is 0 Å². The molecule has 0 amide bonds. The lowest BCUT2D eigenvalue weighted by atomic mass is 10.2. The van der Waals surface area contributed by atoms with Gasteiger partial charge in [-0.1, -0.05) is 60.3 Å². The van der Waals surface area contributed by atoms with Crippen LogP contribution in [0.25, 0.3) is 11.4 Å².